The number of nitrogens with zero attached hydrogens (tertiary/aromatic N) is 1. The number of nitrogens with one attached hydrogen (secondary N) is 2. The molecule has 96 valence electrons. The first-order valence-electron chi connectivity index (χ1n) is 5.87. The second-order valence-electron chi connectivity index (χ2n) is 4.05. The van der Waals surface area contributed by atoms with Crippen molar-refractivity contribution in [1.29, 1.82) is 0 Å². The van der Waals surface area contributed by atoms with Gasteiger partial charge in [0.1, 0.15) is 5.82 Å². The van der Waals surface area contributed by atoms with E-state index in [1.165, 1.54) is 5.56 Å². The molecule has 1 aromatic carbocycles. The Balaban J connectivity index is 2.02. The molecular formula is C13H15BrClN3. The highest BCUT2D eigenvalue weighted by atomic mass is 79.9. The van der Waals surface area contributed by atoms with Crippen LogP contribution in [0.5, 0.6) is 0 Å². The van der Waals surface area contributed by atoms with Gasteiger partial charge in [0.2, 0.25) is 0 Å². The molecule has 3 nitrogen and oxygen atoms in total. The van der Waals surface area contributed by atoms with Gasteiger partial charge in [-0.15, -0.1) is 0 Å². The molecule has 0 amide bonds. The van der Waals surface area contributed by atoms with Crippen molar-refractivity contribution in [3.63, 3.8) is 0 Å². The van der Waals surface area contributed by atoms with E-state index >= 15 is 0 Å². The molecule has 0 bridgehead atoms. The fourth-order valence-electron chi connectivity index (χ4n) is 1.80. The number of H-pyrrole nitrogens is 1. The van der Waals surface area contributed by atoms with Crippen LogP contribution in [0.1, 0.15) is 30.8 Å². The number of rotatable bonds is 5. The van der Waals surface area contributed by atoms with E-state index in [4.69, 9.17) is 11.6 Å². The van der Waals surface area contributed by atoms with Crippen LogP contribution in [0.3, 0.4) is 0 Å². The lowest BCUT2D eigenvalue weighted by Gasteiger charge is -2.15. The molecule has 0 radical (unpaired) electrons. The van der Waals surface area contributed by atoms with Crippen LogP contribution in [0.4, 0.5) is 0 Å². The number of aromatic amines is 1. The van der Waals surface area contributed by atoms with E-state index < -0.39 is 0 Å². The van der Waals surface area contributed by atoms with Gasteiger partial charge in [0.05, 0.1) is 6.04 Å². The highest BCUT2D eigenvalue weighted by molar-refractivity contribution is 9.10. The Morgan fingerprint density at radius 1 is 1.50 bits per heavy atom. The number of aromatic nitrogens is 2. The van der Waals surface area contributed by atoms with Gasteiger partial charge in [-0.3, -0.25) is 0 Å². The quantitative estimate of drug-likeness (QED) is 0.868. The summed E-state index contributed by atoms with van der Waals surface area (Å²) < 4.78 is 1.02. The van der Waals surface area contributed by atoms with Crippen LogP contribution in [-0.4, -0.2) is 9.97 Å². The molecular weight excluding hydrogens is 314 g/mol. The molecule has 2 rings (SSSR count). The molecule has 0 spiro atoms. The van der Waals surface area contributed by atoms with E-state index in [9.17, 15) is 0 Å². The minimum absolute atomic E-state index is 0.238. The average Bonchev–Trinajstić information content (AvgIpc) is 2.86. The monoisotopic (exact) mass is 327 g/mol. The first kappa shape index (κ1) is 13.6. The summed E-state index contributed by atoms with van der Waals surface area (Å²) >= 11 is 9.44. The maximum atomic E-state index is 5.92. The van der Waals surface area contributed by atoms with Gasteiger partial charge in [-0.25, -0.2) is 4.98 Å². The molecule has 1 unspecified atom stereocenters. The summed E-state index contributed by atoms with van der Waals surface area (Å²) in [5, 5.41) is 4.22. The van der Waals surface area contributed by atoms with Crippen LogP contribution in [0.25, 0.3) is 0 Å². The van der Waals surface area contributed by atoms with Gasteiger partial charge in [0.15, 0.2) is 0 Å². The molecule has 0 saturated carbocycles. The highest BCUT2D eigenvalue weighted by Crippen LogP contribution is 2.22. The van der Waals surface area contributed by atoms with Gasteiger partial charge < -0.3 is 10.3 Å². The molecule has 0 aliphatic carbocycles. The van der Waals surface area contributed by atoms with E-state index in [-0.39, 0.29) is 6.04 Å². The van der Waals surface area contributed by atoms with Crippen molar-refractivity contribution >= 4 is 27.5 Å². The molecule has 0 aliphatic rings. The molecule has 1 aromatic heterocycles. The third-order valence-corrected chi connectivity index (χ3v) is 3.79. The molecule has 1 atom stereocenters. The van der Waals surface area contributed by atoms with Crippen molar-refractivity contribution in [2.24, 2.45) is 0 Å². The highest BCUT2D eigenvalue weighted by Gasteiger charge is 2.11. The standard InChI is InChI=1S/C13H15BrClN3/c1-2-12(13-16-5-6-17-13)18-8-9-3-4-10(15)7-11(9)14/h3-7,12,18H,2,8H2,1H3,(H,16,17). The van der Waals surface area contributed by atoms with E-state index in [0.717, 1.165) is 28.3 Å². The third kappa shape index (κ3) is 3.34. The summed E-state index contributed by atoms with van der Waals surface area (Å²) in [6.45, 7) is 2.91. The van der Waals surface area contributed by atoms with Gasteiger partial charge in [-0.1, -0.05) is 40.5 Å². The zero-order valence-electron chi connectivity index (χ0n) is 10.1. The van der Waals surface area contributed by atoms with Gasteiger partial charge in [-0.2, -0.15) is 0 Å². The molecule has 0 aliphatic heterocycles. The van der Waals surface area contributed by atoms with Crippen LogP contribution in [0.2, 0.25) is 5.02 Å². The maximum absolute atomic E-state index is 5.92. The first-order chi connectivity index (χ1) is 8.70. The molecule has 2 N–H and O–H groups in total. The average molecular weight is 329 g/mol. The van der Waals surface area contributed by atoms with Crippen molar-refractivity contribution in [3.8, 4) is 0 Å². The summed E-state index contributed by atoms with van der Waals surface area (Å²) in [4.78, 5) is 7.43. The molecule has 5 heteroatoms. The molecule has 18 heavy (non-hydrogen) atoms. The summed E-state index contributed by atoms with van der Waals surface area (Å²) in [7, 11) is 0. The molecule has 2 aromatic rings. The van der Waals surface area contributed by atoms with Crippen molar-refractivity contribution in [2.45, 2.75) is 25.9 Å². The van der Waals surface area contributed by atoms with Gasteiger partial charge in [0.25, 0.3) is 0 Å². The summed E-state index contributed by atoms with van der Waals surface area (Å²) in [6, 6.07) is 6.07. The topological polar surface area (TPSA) is 40.7 Å². The molecule has 0 fully saturated rings. The zero-order chi connectivity index (χ0) is 13.0. The van der Waals surface area contributed by atoms with E-state index in [1.807, 2.05) is 24.4 Å². The Kier molecular flexibility index (Phi) is 4.80. The fraction of sp³-hybridized carbons (Fsp3) is 0.308. The van der Waals surface area contributed by atoms with Crippen LogP contribution < -0.4 is 5.32 Å². The number of hydrogen-bond acceptors (Lipinski definition) is 2. The smallest absolute Gasteiger partial charge is 0.123 e. The fourth-order valence-corrected chi connectivity index (χ4v) is 2.62. The van der Waals surface area contributed by atoms with Gasteiger partial charge >= 0.3 is 0 Å². The largest absolute Gasteiger partial charge is 0.347 e. The van der Waals surface area contributed by atoms with Gasteiger partial charge in [0, 0.05) is 28.4 Å². The summed E-state index contributed by atoms with van der Waals surface area (Å²) in [5.41, 5.74) is 1.18. The third-order valence-electron chi connectivity index (χ3n) is 2.81. The molecule has 1 heterocycles. The minimum Gasteiger partial charge on any atom is -0.347 e. The van der Waals surface area contributed by atoms with Gasteiger partial charge in [-0.05, 0) is 24.1 Å². The lowest BCUT2D eigenvalue weighted by Crippen LogP contribution is -2.21. The Morgan fingerprint density at radius 2 is 2.33 bits per heavy atom. The number of benzene rings is 1. The van der Waals surface area contributed by atoms with Crippen molar-refractivity contribution in [1.82, 2.24) is 15.3 Å². The SMILES string of the molecule is CCC(NCc1ccc(Cl)cc1Br)c1ncc[nH]1. The van der Waals surface area contributed by atoms with E-state index in [1.54, 1.807) is 6.20 Å². The predicted molar refractivity (Wildman–Crippen MR) is 77.6 cm³/mol. The van der Waals surface area contributed by atoms with Crippen LogP contribution in [0.15, 0.2) is 35.1 Å². The van der Waals surface area contributed by atoms with Crippen molar-refractivity contribution < 1.29 is 0 Å². The summed E-state index contributed by atoms with van der Waals surface area (Å²) in [5.74, 6) is 0.975. The minimum atomic E-state index is 0.238. The Hall–Kier alpha value is -0.840. The van der Waals surface area contributed by atoms with Crippen LogP contribution in [-0.2, 0) is 6.54 Å². The van der Waals surface area contributed by atoms with Crippen LogP contribution >= 0.6 is 27.5 Å². The van der Waals surface area contributed by atoms with Crippen molar-refractivity contribution in [3.05, 3.63) is 51.5 Å². The Morgan fingerprint density at radius 3 is 2.94 bits per heavy atom. The first-order valence-corrected chi connectivity index (χ1v) is 7.04. The number of hydrogen-bond donors (Lipinski definition) is 2. The molecule has 0 saturated heterocycles. The predicted octanol–water partition coefficient (Wildman–Crippen LogP) is 4.07. The van der Waals surface area contributed by atoms with E-state index in [0.29, 0.717) is 0 Å². The number of imidazole rings is 1. The zero-order valence-corrected chi connectivity index (χ0v) is 12.4. The number of halogens is 2. The summed E-state index contributed by atoms with van der Waals surface area (Å²) in [6.07, 6.45) is 4.61. The lowest BCUT2D eigenvalue weighted by atomic mass is 10.1. The van der Waals surface area contributed by atoms with E-state index in [2.05, 4.69) is 38.1 Å². The van der Waals surface area contributed by atoms with Crippen molar-refractivity contribution in [2.75, 3.05) is 0 Å². The maximum Gasteiger partial charge on any atom is 0.123 e. The lowest BCUT2D eigenvalue weighted by molar-refractivity contribution is 0.497. The van der Waals surface area contributed by atoms with Crippen LogP contribution in [0, 0.1) is 0 Å². The normalized spacial score (nSPS) is 12.6. The second-order valence-corrected chi connectivity index (χ2v) is 5.34. The Bertz CT molecular complexity index is 499. The Labute approximate surface area is 120 Å². The second kappa shape index (κ2) is 6.36.